The molecule has 0 unspecified atom stereocenters. The Morgan fingerprint density at radius 1 is 1.26 bits per heavy atom. The van der Waals surface area contributed by atoms with Gasteiger partial charge in [-0.05, 0) is 37.1 Å². The van der Waals surface area contributed by atoms with Gasteiger partial charge in [-0.15, -0.1) is 11.3 Å². The number of amides is 1. The SMILES string of the molecule is CC.Cc1ccc(Nc2sc(C(=O)C(C)C)c(C)c2C(=O)NOCC2COC2)c(F)c1. The van der Waals surface area contributed by atoms with Crippen molar-refractivity contribution in [1.82, 2.24) is 5.48 Å². The van der Waals surface area contributed by atoms with Gasteiger partial charge in [-0.25, -0.2) is 9.87 Å². The number of rotatable bonds is 8. The number of benzene rings is 1. The van der Waals surface area contributed by atoms with Gasteiger partial charge in [0.15, 0.2) is 5.78 Å². The molecule has 1 aliphatic heterocycles. The standard InChI is InChI=1S/C21H25FN2O4S.C2H6/c1-11(2)18(25)19-13(4)17(20(26)24-28-10-14-8-27-9-14)21(29-19)23-16-6-5-12(3)7-15(16)22;1-2/h5-7,11,14,23H,8-10H2,1-4H3,(H,24,26);1-2H3. The number of ketones is 1. The maximum atomic E-state index is 14.3. The number of Topliss-reactive ketones (excluding diaryl/α,β-unsaturated/α-hetero) is 1. The highest BCUT2D eigenvalue weighted by Crippen LogP contribution is 2.37. The number of hydrogen-bond acceptors (Lipinski definition) is 6. The first-order valence-electron chi connectivity index (χ1n) is 10.5. The van der Waals surface area contributed by atoms with Crippen LogP contribution in [0.5, 0.6) is 0 Å². The number of anilines is 2. The van der Waals surface area contributed by atoms with Gasteiger partial charge in [-0.2, -0.15) is 0 Å². The quantitative estimate of drug-likeness (QED) is 0.415. The van der Waals surface area contributed by atoms with E-state index in [1.54, 1.807) is 39.8 Å². The molecule has 0 bridgehead atoms. The molecular formula is C23H31FN2O4S. The Bertz CT molecular complexity index is 923. The third kappa shape index (κ3) is 6.12. The monoisotopic (exact) mass is 450 g/mol. The van der Waals surface area contributed by atoms with E-state index in [1.165, 1.54) is 6.07 Å². The molecule has 2 heterocycles. The first-order chi connectivity index (χ1) is 14.8. The number of thiophene rings is 1. The molecule has 2 N–H and O–H groups in total. The molecule has 1 aliphatic rings. The van der Waals surface area contributed by atoms with Gasteiger partial charge in [-0.1, -0.05) is 33.8 Å². The highest BCUT2D eigenvalue weighted by molar-refractivity contribution is 7.18. The van der Waals surface area contributed by atoms with Crippen LogP contribution >= 0.6 is 11.3 Å². The van der Waals surface area contributed by atoms with Crippen LogP contribution in [0.25, 0.3) is 0 Å². The zero-order chi connectivity index (χ0) is 23.1. The average Bonchev–Trinajstić information content (AvgIpc) is 3.02. The molecule has 1 aromatic carbocycles. The van der Waals surface area contributed by atoms with E-state index in [2.05, 4.69) is 10.8 Å². The fourth-order valence-electron chi connectivity index (χ4n) is 2.87. The van der Waals surface area contributed by atoms with E-state index in [-0.39, 0.29) is 28.9 Å². The Morgan fingerprint density at radius 2 is 1.94 bits per heavy atom. The lowest BCUT2D eigenvalue weighted by Crippen LogP contribution is -2.35. The molecule has 2 aromatic rings. The van der Waals surface area contributed by atoms with Crippen LogP contribution in [0.15, 0.2) is 18.2 Å². The highest BCUT2D eigenvalue weighted by atomic mass is 32.1. The third-order valence-electron chi connectivity index (χ3n) is 4.69. The second kappa shape index (κ2) is 11.4. The molecular weight excluding hydrogens is 419 g/mol. The van der Waals surface area contributed by atoms with Crippen molar-refractivity contribution in [3.05, 3.63) is 45.6 Å². The Labute approximate surface area is 187 Å². The van der Waals surface area contributed by atoms with Crippen LogP contribution in [-0.4, -0.2) is 31.5 Å². The molecule has 0 atom stereocenters. The summed E-state index contributed by atoms with van der Waals surface area (Å²) in [5.74, 6) is -0.929. The van der Waals surface area contributed by atoms with E-state index in [0.717, 1.165) is 16.9 Å². The molecule has 1 saturated heterocycles. The summed E-state index contributed by atoms with van der Waals surface area (Å²) in [5.41, 5.74) is 4.30. The first kappa shape index (κ1) is 25.0. The van der Waals surface area contributed by atoms with Gasteiger partial charge in [0.25, 0.3) is 5.91 Å². The van der Waals surface area contributed by atoms with E-state index in [0.29, 0.717) is 35.3 Å². The summed E-state index contributed by atoms with van der Waals surface area (Å²) in [6, 6.07) is 4.79. The topological polar surface area (TPSA) is 76.7 Å². The van der Waals surface area contributed by atoms with E-state index in [9.17, 15) is 14.0 Å². The Hall–Kier alpha value is -2.29. The van der Waals surface area contributed by atoms with Crippen LogP contribution in [0.3, 0.4) is 0 Å². The van der Waals surface area contributed by atoms with E-state index < -0.39 is 11.7 Å². The van der Waals surface area contributed by atoms with Crippen LogP contribution in [0.1, 0.15) is 58.9 Å². The highest BCUT2D eigenvalue weighted by Gasteiger charge is 2.27. The Balaban J connectivity index is 0.00000166. The largest absolute Gasteiger partial charge is 0.381 e. The van der Waals surface area contributed by atoms with E-state index in [4.69, 9.17) is 9.57 Å². The Morgan fingerprint density at radius 3 is 2.48 bits per heavy atom. The molecule has 0 radical (unpaired) electrons. The zero-order valence-electron chi connectivity index (χ0n) is 18.9. The molecule has 1 fully saturated rings. The predicted molar refractivity (Wildman–Crippen MR) is 122 cm³/mol. The fraction of sp³-hybridized carbons (Fsp3) is 0.478. The lowest BCUT2D eigenvalue weighted by molar-refractivity contribution is -0.0864. The van der Waals surface area contributed by atoms with E-state index in [1.807, 2.05) is 13.8 Å². The minimum absolute atomic E-state index is 0.0634. The maximum absolute atomic E-state index is 14.3. The summed E-state index contributed by atoms with van der Waals surface area (Å²) in [7, 11) is 0. The maximum Gasteiger partial charge on any atom is 0.278 e. The normalized spacial score (nSPS) is 13.3. The minimum atomic E-state index is -0.475. The van der Waals surface area contributed by atoms with Gasteiger partial charge in [0.05, 0.1) is 35.9 Å². The van der Waals surface area contributed by atoms with Crippen LogP contribution in [0, 0.1) is 31.5 Å². The summed E-state index contributed by atoms with van der Waals surface area (Å²) in [4.78, 5) is 31.2. The number of ether oxygens (including phenoxy) is 1. The van der Waals surface area contributed by atoms with Gasteiger partial charge in [0.1, 0.15) is 10.8 Å². The molecule has 0 saturated carbocycles. The van der Waals surface area contributed by atoms with Gasteiger partial charge in [-0.3, -0.25) is 14.4 Å². The smallest absolute Gasteiger partial charge is 0.278 e. The van der Waals surface area contributed by atoms with Crippen molar-refractivity contribution in [3.8, 4) is 0 Å². The number of aryl methyl sites for hydroxylation is 1. The van der Waals surface area contributed by atoms with Gasteiger partial charge < -0.3 is 10.1 Å². The summed E-state index contributed by atoms with van der Waals surface area (Å²) in [5, 5.41) is 3.39. The van der Waals surface area contributed by atoms with Gasteiger partial charge >= 0.3 is 0 Å². The number of hydrogen-bond donors (Lipinski definition) is 2. The number of hydroxylamine groups is 1. The van der Waals surface area contributed by atoms with Crippen molar-refractivity contribution in [2.75, 3.05) is 25.1 Å². The number of carbonyl (C=O) groups excluding carboxylic acids is 2. The predicted octanol–water partition coefficient (Wildman–Crippen LogP) is 5.42. The number of carbonyl (C=O) groups is 2. The molecule has 1 aromatic heterocycles. The molecule has 0 aliphatic carbocycles. The summed E-state index contributed by atoms with van der Waals surface area (Å²) < 4.78 is 19.4. The lowest BCUT2D eigenvalue weighted by atomic mass is 10.0. The summed E-state index contributed by atoms with van der Waals surface area (Å²) in [6.45, 7) is 12.7. The van der Waals surface area contributed by atoms with Gasteiger partial charge in [0, 0.05) is 11.8 Å². The number of halogens is 1. The van der Waals surface area contributed by atoms with Crippen LogP contribution < -0.4 is 10.8 Å². The second-order valence-corrected chi connectivity index (χ2v) is 8.55. The van der Waals surface area contributed by atoms with Crippen molar-refractivity contribution in [1.29, 1.82) is 0 Å². The zero-order valence-corrected chi connectivity index (χ0v) is 19.7. The van der Waals surface area contributed by atoms with Gasteiger partial charge in [0.2, 0.25) is 0 Å². The molecule has 31 heavy (non-hydrogen) atoms. The van der Waals surface area contributed by atoms with Crippen molar-refractivity contribution in [3.63, 3.8) is 0 Å². The number of nitrogens with one attached hydrogen (secondary N) is 2. The van der Waals surface area contributed by atoms with Crippen molar-refractivity contribution in [2.24, 2.45) is 11.8 Å². The fourth-order valence-corrected chi connectivity index (χ4v) is 4.18. The minimum Gasteiger partial charge on any atom is -0.381 e. The molecule has 170 valence electrons. The Kier molecular flexibility index (Phi) is 9.15. The van der Waals surface area contributed by atoms with Crippen molar-refractivity contribution in [2.45, 2.75) is 41.5 Å². The lowest BCUT2D eigenvalue weighted by Gasteiger charge is -2.25. The van der Waals surface area contributed by atoms with Crippen LogP contribution in [-0.2, 0) is 9.57 Å². The third-order valence-corrected chi connectivity index (χ3v) is 5.91. The molecule has 8 heteroatoms. The van der Waals surface area contributed by atoms with Crippen molar-refractivity contribution >= 4 is 33.7 Å². The van der Waals surface area contributed by atoms with E-state index >= 15 is 0 Å². The van der Waals surface area contributed by atoms with Crippen LogP contribution in [0.2, 0.25) is 0 Å². The second-order valence-electron chi connectivity index (χ2n) is 7.53. The summed E-state index contributed by atoms with van der Waals surface area (Å²) >= 11 is 1.15. The van der Waals surface area contributed by atoms with Crippen LogP contribution in [0.4, 0.5) is 15.1 Å². The van der Waals surface area contributed by atoms with Crippen molar-refractivity contribution < 1.29 is 23.6 Å². The average molecular weight is 451 g/mol. The summed E-state index contributed by atoms with van der Waals surface area (Å²) in [6.07, 6.45) is 0. The molecule has 0 spiro atoms. The molecule has 6 nitrogen and oxygen atoms in total. The molecule has 1 amide bonds. The first-order valence-corrected chi connectivity index (χ1v) is 11.3. The molecule has 3 rings (SSSR count).